The number of aliphatic imine (C=N–C) groups is 1. The van der Waals surface area contributed by atoms with E-state index in [9.17, 15) is 4.79 Å². The zero-order valence-corrected chi connectivity index (χ0v) is 14.3. The highest BCUT2D eigenvalue weighted by molar-refractivity contribution is 6.35. The molecule has 0 fully saturated rings. The maximum absolute atomic E-state index is 11.6. The third-order valence-corrected chi connectivity index (χ3v) is 3.00. The van der Waals surface area contributed by atoms with Crippen LogP contribution < -0.4 is 10.5 Å². The fraction of sp³-hybridized carbons (Fsp3) is 0.267. The largest absolute Gasteiger partial charge is 0.480 e. The van der Waals surface area contributed by atoms with E-state index in [0.29, 0.717) is 21.4 Å². The molecule has 0 unspecified atom stereocenters. The van der Waals surface area contributed by atoms with Crippen LogP contribution in [0.1, 0.15) is 13.3 Å². The molecule has 0 aliphatic rings. The monoisotopic (exact) mass is 357 g/mol. The third kappa shape index (κ3) is 6.71. The molecule has 124 valence electrons. The Morgan fingerprint density at radius 1 is 1.39 bits per heavy atom. The first-order valence-corrected chi connectivity index (χ1v) is 7.47. The zero-order chi connectivity index (χ0) is 17.2. The summed E-state index contributed by atoms with van der Waals surface area (Å²) in [6.45, 7) is 1.57. The highest BCUT2D eigenvalue weighted by Crippen LogP contribution is 2.27. The molecule has 0 radical (unpaired) electrons. The second-order valence-corrected chi connectivity index (χ2v) is 5.10. The van der Waals surface area contributed by atoms with Gasteiger partial charge in [-0.15, -0.1) is 0 Å². The molecule has 0 amide bonds. The Morgan fingerprint density at radius 3 is 2.74 bits per heavy atom. The van der Waals surface area contributed by atoms with E-state index < -0.39 is 5.97 Å². The number of rotatable bonds is 7. The Hall–Kier alpha value is -2.05. The molecule has 6 nitrogen and oxygen atoms in total. The van der Waals surface area contributed by atoms with Crippen molar-refractivity contribution < 1.29 is 14.4 Å². The van der Waals surface area contributed by atoms with Gasteiger partial charge in [-0.25, -0.2) is 4.79 Å². The van der Waals surface area contributed by atoms with E-state index in [-0.39, 0.29) is 12.4 Å². The summed E-state index contributed by atoms with van der Waals surface area (Å²) in [5.74, 6) is -0.353. The van der Waals surface area contributed by atoms with E-state index in [2.05, 4.69) is 10.1 Å². The molecule has 0 aliphatic carbocycles. The lowest BCUT2D eigenvalue weighted by molar-refractivity contribution is -0.146. The molecule has 0 aromatic heterocycles. The number of carbonyl (C=O) groups is 1. The minimum Gasteiger partial charge on any atom is -0.480 e. The van der Waals surface area contributed by atoms with E-state index in [1.54, 1.807) is 19.2 Å². The van der Waals surface area contributed by atoms with Crippen LogP contribution in [0.25, 0.3) is 0 Å². The van der Waals surface area contributed by atoms with Gasteiger partial charge in [0.15, 0.2) is 12.4 Å². The van der Waals surface area contributed by atoms with Gasteiger partial charge in [-0.05, 0) is 24.6 Å². The highest BCUT2D eigenvalue weighted by atomic mass is 35.5. The molecule has 0 aliphatic heterocycles. The second kappa shape index (κ2) is 9.86. The molecule has 0 saturated heterocycles. The molecule has 1 aromatic carbocycles. The van der Waals surface area contributed by atoms with Gasteiger partial charge in [0.25, 0.3) is 0 Å². The first-order valence-electron chi connectivity index (χ1n) is 6.71. The normalized spacial score (nSPS) is 12.5. The number of ether oxygens (including phenoxy) is 1. The Balaban J connectivity index is 2.59. The summed E-state index contributed by atoms with van der Waals surface area (Å²) in [5.41, 5.74) is 6.30. The summed E-state index contributed by atoms with van der Waals surface area (Å²) in [6, 6.07) is 4.65. The standard InChI is InChI=1S/C15H17Cl2N3O3/c1-3-4-10(8-19-2)15(18)20-23-14(21)9-22-13-6-5-11(16)7-12(13)17/h4-8H,3,9H2,1-2H3,(H2,18,20)/b10-4+,19-8?. The van der Waals surface area contributed by atoms with Crippen LogP contribution in [0.5, 0.6) is 5.75 Å². The van der Waals surface area contributed by atoms with Crippen LogP contribution in [-0.4, -0.2) is 31.7 Å². The van der Waals surface area contributed by atoms with Crippen LogP contribution in [0.3, 0.4) is 0 Å². The third-order valence-electron chi connectivity index (χ3n) is 2.47. The topological polar surface area (TPSA) is 86.3 Å². The van der Waals surface area contributed by atoms with Crippen LogP contribution in [-0.2, 0) is 9.63 Å². The lowest BCUT2D eigenvalue weighted by atomic mass is 10.2. The smallest absolute Gasteiger partial charge is 0.372 e. The van der Waals surface area contributed by atoms with Crippen molar-refractivity contribution in [2.24, 2.45) is 15.9 Å². The first-order chi connectivity index (χ1) is 11.0. The number of amidine groups is 1. The van der Waals surface area contributed by atoms with Crippen molar-refractivity contribution in [1.29, 1.82) is 0 Å². The average Bonchev–Trinajstić information content (AvgIpc) is 2.51. The number of hydrogen-bond donors (Lipinski definition) is 1. The van der Waals surface area contributed by atoms with E-state index >= 15 is 0 Å². The van der Waals surface area contributed by atoms with E-state index in [4.69, 9.17) is 38.5 Å². The average molecular weight is 358 g/mol. The molecule has 1 aromatic rings. The molecular formula is C15H17Cl2N3O3. The molecule has 0 bridgehead atoms. The van der Waals surface area contributed by atoms with Gasteiger partial charge in [-0.1, -0.05) is 41.4 Å². The summed E-state index contributed by atoms with van der Waals surface area (Å²) in [4.78, 5) is 20.1. The van der Waals surface area contributed by atoms with Crippen molar-refractivity contribution in [2.75, 3.05) is 13.7 Å². The van der Waals surface area contributed by atoms with Gasteiger partial charge in [0, 0.05) is 23.9 Å². The number of halogens is 2. The molecule has 0 spiro atoms. The van der Waals surface area contributed by atoms with Crippen LogP contribution >= 0.6 is 23.2 Å². The Morgan fingerprint density at radius 2 is 2.13 bits per heavy atom. The fourth-order valence-electron chi connectivity index (χ4n) is 1.49. The molecule has 23 heavy (non-hydrogen) atoms. The van der Waals surface area contributed by atoms with E-state index in [1.807, 2.05) is 13.0 Å². The Kier molecular flexibility index (Phi) is 8.15. The maximum Gasteiger partial charge on any atom is 0.372 e. The van der Waals surface area contributed by atoms with Gasteiger partial charge in [0.2, 0.25) is 0 Å². The minimum atomic E-state index is -0.719. The fourth-order valence-corrected chi connectivity index (χ4v) is 1.95. The van der Waals surface area contributed by atoms with Crippen molar-refractivity contribution in [3.05, 3.63) is 39.9 Å². The maximum atomic E-state index is 11.6. The number of carbonyl (C=O) groups excluding carboxylic acids is 1. The lowest BCUT2D eigenvalue weighted by Crippen LogP contribution is -2.19. The Labute approximate surface area is 144 Å². The zero-order valence-electron chi connectivity index (χ0n) is 12.8. The van der Waals surface area contributed by atoms with Crippen molar-refractivity contribution in [3.63, 3.8) is 0 Å². The highest BCUT2D eigenvalue weighted by Gasteiger charge is 2.09. The van der Waals surface area contributed by atoms with Crippen LogP contribution in [0.15, 0.2) is 40.0 Å². The summed E-state index contributed by atoms with van der Waals surface area (Å²) in [5, 5.41) is 4.32. The molecule has 1 rings (SSSR count). The van der Waals surface area contributed by atoms with E-state index in [1.165, 1.54) is 12.3 Å². The lowest BCUT2D eigenvalue weighted by Gasteiger charge is -2.06. The van der Waals surface area contributed by atoms with Gasteiger partial charge in [0.05, 0.1) is 5.02 Å². The number of allylic oxidation sites excluding steroid dienone is 1. The summed E-state index contributed by atoms with van der Waals surface area (Å²) in [7, 11) is 1.60. The predicted molar refractivity (Wildman–Crippen MR) is 92.5 cm³/mol. The Bertz CT molecular complexity index is 643. The van der Waals surface area contributed by atoms with Gasteiger partial charge >= 0.3 is 5.97 Å². The summed E-state index contributed by atoms with van der Waals surface area (Å²) in [6.07, 6.45) is 4.08. The van der Waals surface area contributed by atoms with Gasteiger partial charge in [-0.3, -0.25) is 4.99 Å². The van der Waals surface area contributed by atoms with Gasteiger partial charge in [0.1, 0.15) is 5.75 Å². The van der Waals surface area contributed by atoms with Gasteiger partial charge < -0.3 is 15.3 Å². The minimum absolute atomic E-state index is 0.0512. The van der Waals surface area contributed by atoms with Crippen LogP contribution in [0, 0.1) is 0 Å². The number of benzene rings is 1. The molecule has 0 atom stereocenters. The van der Waals surface area contributed by atoms with Crippen LogP contribution in [0.4, 0.5) is 0 Å². The predicted octanol–water partition coefficient (Wildman–Crippen LogP) is 3.22. The number of oxime groups is 1. The quantitative estimate of drug-likeness (QED) is 0.351. The number of nitrogens with two attached hydrogens (primary N) is 1. The van der Waals surface area contributed by atoms with Crippen molar-refractivity contribution >= 4 is 41.2 Å². The molecule has 2 N–H and O–H groups in total. The molecule has 0 heterocycles. The molecular weight excluding hydrogens is 341 g/mol. The SMILES string of the molecule is CC/C=C(C=NC)/C(N)=N/OC(=O)COc1ccc(Cl)cc1Cl. The summed E-state index contributed by atoms with van der Waals surface area (Å²) >= 11 is 11.7. The van der Waals surface area contributed by atoms with E-state index in [0.717, 1.165) is 6.42 Å². The van der Waals surface area contributed by atoms with Crippen molar-refractivity contribution in [2.45, 2.75) is 13.3 Å². The van der Waals surface area contributed by atoms with Crippen molar-refractivity contribution in [3.8, 4) is 5.75 Å². The number of nitrogens with zero attached hydrogens (tertiary/aromatic N) is 2. The second-order valence-electron chi connectivity index (χ2n) is 4.26. The van der Waals surface area contributed by atoms with Gasteiger partial charge in [-0.2, -0.15) is 0 Å². The number of hydrogen-bond acceptors (Lipinski definition) is 5. The molecule has 0 saturated carbocycles. The van der Waals surface area contributed by atoms with Crippen molar-refractivity contribution in [1.82, 2.24) is 0 Å². The summed E-state index contributed by atoms with van der Waals surface area (Å²) < 4.78 is 5.23. The first kappa shape index (κ1) is 19.0. The van der Waals surface area contributed by atoms with Crippen LogP contribution in [0.2, 0.25) is 10.0 Å². The molecule has 8 heteroatoms.